The minimum atomic E-state index is -0.648. The third-order valence-corrected chi connectivity index (χ3v) is 6.15. The molecule has 0 aliphatic carbocycles. The maximum absolute atomic E-state index is 13.0. The van der Waals surface area contributed by atoms with E-state index in [1.165, 1.54) is 11.1 Å². The molecule has 4 rings (SSSR count). The van der Waals surface area contributed by atoms with Crippen LogP contribution in [0.2, 0.25) is 0 Å². The number of carbonyl (C=O) groups excluding carboxylic acids is 1. The van der Waals surface area contributed by atoms with Crippen molar-refractivity contribution in [3.63, 3.8) is 0 Å². The first-order valence-electron chi connectivity index (χ1n) is 11.2. The van der Waals surface area contributed by atoms with E-state index in [-0.39, 0.29) is 17.7 Å². The van der Waals surface area contributed by atoms with Gasteiger partial charge in [-0.1, -0.05) is 48.5 Å². The second-order valence-electron chi connectivity index (χ2n) is 8.64. The average molecular weight is 430 g/mol. The van der Waals surface area contributed by atoms with Crippen LogP contribution in [0.5, 0.6) is 5.75 Å². The molecule has 0 fully saturated rings. The summed E-state index contributed by atoms with van der Waals surface area (Å²) in [6, 6.07) is 21.3. The maximum Gasteiger partial charge on any atom is 0.237 e. The van der Waals surface area contributed by atoms with Crippen LogP contribution in [0.1, 0.15) is 46.7 Å². The summed E-state index contributed by atoms with van der Waals surface area (Å²) in [6.07, 6.45) is 3.13. The summed E-state index contributed by atoms with van der Waals surface area (Å²) in [5, 5.41) is 16.3. The van der Waals surface area contributed by atoms with Gasteiger partial charge in [-0.2, -0.15) is 0 Å². The molecule has 1 heterocycles. The highest BCUT2D eigenvalue weighted by atomic mass is 16.3. The standard InChI is InChI=1S/C27H31N3O2/c1-18-14-22(31)11-10-21(18)17-24(28)27(32)30-26-8-5-13-29-25-12-9-20(16-23(25)26)15-19-6-3-2-4-7-19/h2-4,6-7,9-12,14,16,24,26,29,31H,5,8,13,15,17,28H2,1H3,(H,30,32)/t24-,26+/m0/s1. The van der Waals surface area contributed by atoms with E-state index in [1.54, 1.807) is 12.1 Å². The van der Waals surface area contributed by atoms with Gasteiger partial charge in [-0.15, -0.1) is 0 Å². The number of phenolic OH excluding ortho intramolecular Hbond substituents is 1. The number of aromatic hydroxyl groups is 1. The second kappa shape index (κ2) is 9.88. The van der Waals surface area contributed by atoms with Gasteiger partial charge in [-0.05, 0) is 78.6 Å². The smallest absolute Gasteiger partial charge is 0.237 e. The average Bonchev–Trinajstić information content (AvgIpc) is 2.98. The third-order valence-electron chi connectivity index (χ3n) is 6.15. The molecular formula is C27H31N3O2. The molecule has 32 heavy (non-hydrogen) atoms. The fourth-order valence-corrected chi connectivity index (χ4v) is 4.36. The number of fused-ring (bicyclic) bond motifs is 1. The highest BCUT2D eigenvalue weighted by Crippen LogP contribution is 2.31. The maximum atomic E-state index is 13.0. The number of phenols is 1. The van der Waals surface area contributed by atoms with Gasteiger partial charge < -0.3 is 21.5 Å². The first kappa shape index (κ1) is 21.9. The zero-order valence-corrected chi connectivity index (χ0v) is 18.5. The number of hydrogen-bond donors (Lipinski definition) is 4. The summed E-state index contributed by atoms with van der Waals surface area (Å²) < 4.78 is 0. The first-order valence-corrected chi connectivity index (χ1v) is 11.2. The lowest BCUT2D eigenvalue weighted by molar-refractivity contribution is -0.123. The molecule has 3 aromatic carbocycles. The Bertz CT molecular complexity index is 1080. The summed E-state index contributed by atoms with van der Waals surface area (Å²) in [5.41, 5.74) is 12.9. The van der Waals surface area contributed by atoms with Gasteiger partial charge in [0.05, 0.1) is 12.1 Å². The first-order chi connectivity index (χ1) is 15.5. The van der Waals surface area contributed by atoms with Gasteiger partial charge in [0.15, 0.2) is 0 Å². The Balaban J connectivity index is 1.49. The minimum absolute atomic E-state index is 0.0739. The van der Waals surface area contributed by atoms with Crippen molar-refractivity contribution >= 4 is 11.6 Å². The largest absolute Gasteiger partial charge is 0.508 e. The molecule has 2 atom stereocenters. The molecule has 5 heteroatoms. The molecule has 0 radical (unpaired) electrons. The monoisotopic (exact) mass is 429 g/mol. The molecule has 1 aliphatic heterocycles. The fraction of sp³-hybridized carbons (Fsp3) is 0.296. The Labute approximate surface area is 189 Å². The molecule has 0 bridgehead atoms. The Hall–Kier alpha value is -3.31. The van der Waals surface area contributed by atoms with Gasteiger partial charge in [-0.25, -0.2) is 0 Å². The van der Waals surface area contributed by atoms with E-state index in [9.17, 15) is 9.90 Å². The van der Waals surface area contributed by atoms with Gasteiger partial charge in [0.25, 0.3) is 0 Å². The van der Waals surface area contributed by atoms with E-state index in [4.69, 9.17) is 5.73 Å². The van der Waals surface area contributed by atoms with E-state index in [1.807, 2.05) is 19.1 Å². The van der Waals surface area contributed by atoms with Crippen molar-refractivity contribution in [1.29, 1.82) is 0 Å². The lowest BCUT2D eigenvalue weighted by Gasteiger charge is -2.22. The van der Waals surface area contributed by atoms with Crippen LogP contribution in [-0.4, -0.2) is 23.6 Å². The minimum Gasteiger partial charge on any atom is -0.508 e. The summed E-state index contributed by atoms with van der Waals surface area (Å²) in [4.78, 5) is 13.0. The fourth-order valence-electron chi connectivity index (χ4n) is 4.36. The molecule has 1 amide bonds. The zero-order chi connectivity index (χ0) is 22.5. The van der Waals surface area contributed by atoms with Crippen LogP contribution < -0.4 is 16.4 Å². The van der Waals surface area contributed by atoms with E-state index in [2.05, 4.69) is 53.1 Å². The number of nitrogens with one attached hydrogen (secondary N) is 2. The van der Waals surface area contributed by atoms with Crippen molar-refractivity contribution in [3.8, 4) is 5.75 Å². The number of nitrogens with two attached hydrogens (primary N) is 1. The quantitative estimate of drug-likeness (QED) is 0.472. The molecule has 0 unspecified atom stereocenters. The van der Waals surface area contributed by atoms with Gasteiger partial charge in [0.2, 0.25) is 5.91 Å². The predicted molar refractivity (Wildman–Crippen MR) is 129 cm³/mol. The molecule has 166 valence electrons. The Morgan fingerprint density at radius 2 is 1.94 bits per heavy atom. The topological polar surface area (TPSA) is 87.4 Å². The van der Waals surface area contributed by atoms with Gasteiger partial charge in [0, 0.05) is 12.2 Å². The van der Waals surface area contributed by atoms with Crippen LogP contribution >= 0.6 is 0 Å². The molecule has 5 N–H and O–H groups in total. The lowest BCUT2D eigenvalue weighted by Crippen LogP contribution is -2.43. The van der Waals surface area contributed by atoms with E-state index < -0.39 is 6.04 Å². The van der Waals surface area contributed by atoms with Crippen molar-refractivity contribution < 1.29 is 9.90 Å². The molecule has 0 aromatic heterocycles. The number of aryl methyl sites for hydroxylation is 1. The van der Waals surface area contributed by atoms with E-state index >= 15 is 0 Å². The number of hydrogen-bond acceptors (Lipinski definition) is 4. The third kappa shape index (κ3) is 5.29. The molecule has 0 saturated heterocycles. The lowest BCUT2D eigenvalue weighted by atomic mass is 9.95. The number of amides is 1. The van der Waals surface area contributed by atoms with Crippen LogP contribution in [0.15, 0.2) is 66.7 Å². The van der Waals surface area contributed by atoms with Crippen LogP contribution in [0, 0.1) is 6.92 Å². The van der Waals surface area contributed by atoms with Gasteiger partial charge >= 0.3 is 0 Å². The molecule has 0 saturated carbocycles. The second-order valence-corrected chi connectivity index (χ2v) is 8.64. The van der Waals surface area contributed by atoms with Crippen molar-refractivity contribution in [2.24, 2.45) is 5.73 Å². The molecule has 3 aromatic rings. The Morgan fingerprint density at radius 1 is 1.12 bits per heavy atom. The zero-order valence-electron chi connectivity index (χ0n) is 18.5. The van der Waals surface area contributed by atoms with Crippen LogP contribution in [0.4, 0.5) is 5.69 Å². The molecule has 1 aliphatic rings. The van der Waals surface area contributed by atoms with Gasteiger partial charge in [0.1, 0.15) is 5.75 Å². The number of carbonyl (C=O) groups is 1. The SMILES string of the molecule is Cc1cc(O)ccc1C[C@H](N)C(=O)N[C@@H]1CCCNc2ccc(Cc3ccccc3)cc21. The molecular weight excluding hydrogens is 398 g/mol. The summed E-state index contributed by atoms with van der Waals surface area (Å²) in [7, 11) is 0. The van der Waals surface area contributed by atoms with E-state index in [0.29, 0.717) is 6.42 Å². The Kier molecular flexibility index (Phi) is 6.76. The van der Waals surface area contributed by atoms with Crippen molar-refractivity contribution in [3.05, 3.63) is 94.5 Å². The normalized spacial score (nSPS) is 16.4. The Morgan fingerprint density at radius 3 is 2.72 bits per heavy atom. The molecule has 0 spiro atoms. The van der Waals surface area contributed by atoms with Crippen molar-refractivity contribution in [2.45, 2.75) is 44.7 Å². The van der Waals surface area contributed by atoms with Crippen molar-refractivity contribution in [1.82, 2.24) is 5.32 Å². The van der Waals surface area contributed by atoms with Gasteiger partial charge in [-0.3, -0.25) is 4.79 Å². The summed E-state index contributed by atoms with van der Waals surface area (Å²) >= 11 is 0. The summed E-state index contributed by atoms with van der Waals surface area (Å²) in [5.74, 6) is 0.0712. The predicted octanol–water partition coefficient (Wildman–Crippen LogP) is 4.22. The summed E-state index contributed by atoms with van der Waals surface area (Å²) in [6.45, 7) is 2.80. The van der Waals surface area contributed by atoms with Crippen LogP contribution in [0.3, 0.4) is 0 Å². The highest BCUT2D eigenvalue weighted by molar-refractivity contribution is 5.82. The van der Waals surface area contributed by atoms with E-state index in [0.717, 1.165) is 48.2 Å². The number of anilines is 1. The van der Waals surface area contributed by atoms with Crippen LogP contribution in [0.25, 0.3) is 0 Å². The van der Waals surface area contributed by atoms with Crippen LogP contribution in [-0.2, 0) is 17.6 Å². The molecule has 5 nitrogen and oxygen atoms in total. The number of benzene rings is 3. The number of rotatable bonds is 6. The van der Waals surface area contributed by atoms with Crippen molar-refractivity contribution in [2.75, 3.05) is 11.9 Å². The highest BCUT2D eigenvalue weighted by Gasteiger charge is 2.24.